The van der Waals surface area contributed by atoms with Crippen molar-refractivity contribution in [1.29, 1.82) is 0 Å². The van der Waals surface area contributed by atoms with Gasteiger partial charge in [-0.1, -0.05) is 225 Å². The minimum Gasteiger partial charge on any atom is -0.371 e. The molecule has 2 aliphatic rings. The third kappa shape index (κ3) is 17.1. The number of aromatic nitrogens is 15. The summed E-state index contributed by atoms with van der Waals surface area (Å²) in [5, 5.41) is 21.8. The fourth-order valence-electron chi connectivity index (χ4n) is 16.8. The van der Waals surface area contributed by atoms with Crippen molar-refractivity contribution in [3.63, 3.8) is 0 Å². The number of hydrogen-bond donors (Lipinski definition) is 5. The van der Waals surface area contributed by atoms with Gasteiger partial charge in [-0.15, -0.1) is 0 Å². The molecule has 5 N–H and O–H groups in total. The highest BCUT2D eigenvalue weighted by molar-refractivity contribution is 6.10. The molecule has 18 rings (SSSR count). The molecule has 0 atom stereocenters. The van der Waals surface area contributed by atoms with E-state index in [1.165, 1.54) is 178 Å². The van der Waals surface area contributed by atoms with Crippen LogP contribution in [0.3, 0.4) is 0 Å². The van der Waals surface area contributed by atoms with Crippen LogP contribution in [0, 0.1) is 25.7 Å². The van der Waals surface area contributed by atoms with Crippen LogP contribution in [0.2, 0.25) is 0 Å². The highest BCUT2D eigenvalue weighted by Gasteiger charge is 2.24. The number of benzene rings is 6. The molecule has 10 aromatic heterocycles. The molecule has 0 saturated heterocycles. The molecular formula is C92H112N20. The van der Waals surface area contributed by atoms with Crippen molar-refractivity contribution in [3.8, 4) is 0 Å². The van der Waals surface area contributed by atoms with Gasteiger partial charge in [0.25, 0.3) is 0 Å². The minimum absolute atomic E-state index is 0.782. The van der Waals surface area contributed by atoms with Crippen molar-refractivity contribution in [2.75, 3.05) is 61.8 Å². The lowest BCUT2D eigenvalue weighted by atomic mass is 9.89. The fourth-order valence-corrected chi connectivity index (χ4v) is 16.8. The van der Waals surface area contributed by atoms with Gasteiger partial charge in [0, 0.05) is 94.9 Å². The van der Waals surface area contributed by atoms with Crippen molar-refractivity contribution in [2.45, 2.75) is 189 Å². The Bertz CT molecular complexity index is 5790. The summed E-state index contributed by atoms with van der Waals surface area (Å²) in [6, 6.07) is 52.1. The molecule has 10 heterocycles. The second-order valence-electron chi connectivity index (χ2n) is 30.2. The van der Waals surface area contributed by atoms with Crippen LogP contribution >= 0.6 is 0 Å². The summed E-state index contributed by atoms with van der Waals surface area (Å²) in [5.41, 5.74) is 17.2. The molecule has 6 aromatic carbocycles. The van der Waals surface area contributed by atoms with Crippen LogP contribution in [0.1, 0.15) is 159 Å². The number of aryl methyl sites for hydroxylation is 4. The maximum absolute atomic E-state index is 4.84. The van der Waals surface area contributed by atoms with Gasteiger partial charge in [0.15, 0.2) is 29.1 Å². The Balaban J connectivity index is 0.000000116. The molecule has 2 fully saturated rings. The van der Waals surface area contributed by atoms with Gasteiger partial charge in [-0.25, -0.2) is 49.8 Å². The number of hydrogen-bond acceptors (Lipinski definition) is 15. The zero-order valence-corrected chi connectivity index (χ0v) is 67.2. The van der Waals surface area contributed by atoms with Crippen molar-refractivity contribution in [1.82, 2.24) is 72.7 Å². The number of para-hydroxylation sites is 5. The first-order valence-electron chi connectivity index (χ1n) is 41.3. The average Bonchev–Trinajstić information content (AvgIpc) is 1.60. The van der Waals surface area contributed by atoms with Gasteiger partial charge in [-0.3, -0.25) is 0 Å². The quantitative estimate of drug-likeness (QED) is 0.0377. The summed E-state index contributed by atoms with van der Waals surface area (Å²) >= 11 is 0. The van der Waals surface area contributed by atoms with E-state index >= 15 is 0 Å². The third-order valence-corrected chi connectivity index (χ3v) is 22.6. The first-order chi connectivity index (χ1) is 55.1. The molecule has 0 spiro atoms. The summed E-state index contributed by atoms with van der Waals surface area (Å²) in [6.07, 6.45) is 32.5. The van der Waals surface area contributed by atoms with E-state index in [1.807, 2.05) is 90.6 Å². The van der Waals surface area contributed by atoms with Crippen molar-refractivity contribution >= 4 is 139 Å². The number of nitrogens with zero attached hydrogens (tertiary/aromatic N) is 15. The van der Waals surface area contributed by atoms with Crippen molar-refractivity contribution < 1.29 is 0 Å². The van der Waals surface area contributed by atoms with Gasteiger partial charge >= 0.3 is 0 Å². The van der Waals surface area contributed by atoms with E-state index in [1.54, 1.807) is 0 Å². The highest BCUT2D eigenvalue weighted by atomic mass is 15.1. The van der Waals surface area contributed by atoms with Crippen LogP contribution in [-0.4, -0.2) is 108 Å². The van der Waals surface area contributed by atoms with Crippen LogP contribution < -0.4 is 26.6 Å². The van der Waals surface area contributed by atoms with Crippen LogP contribution in [-0.2, 0) is 32.7 Å². The second-order valence-corrected chi connectivity index (χ2v) is 30.2. The third-order valence-electron chi connectivity index (χ3n) is 22.6. The highest BCUT2D eigenvalue weighted by Crippen LogP contribution is 2.37. The standard InChI is InChI=1S/C19H24N4.C19H18N4.C19H26N4.C18H22N4.C17H22N4/c2*1-13-21-17-18(23(13)12-14-8-4-3-5-9-14)15-10-6-7-11-16(15)22-19(17)20-2;1-3-4-5-6-7-10-13-23-14-21-17-18(23)15-11-8-9-12-16(15)22-19(17)20-2;1-19-18-16-17(14-9-5-6-10-15(14)21-18)22(12-20-16)11-13-7-3-2-4-8-13;1-3-4-5-8-11-21-12-19-15-16(21)13-9-6-7-10-14(13)20-17(15)18-2/h6-7,10-11,14H,3-5,8-9,12H2,1-2H3,(H,20,22);3-11H,12H2,1-2H3,(H,20,22);8-9,11-12,14H,3-7,10,13H2,1-2H3,(H,20,22);5-6,9-10,12-13H,2-4,7-8,11H2,1H3,(H,19,21);6-7,9-10,12H,3-5,8,11H2,1-2H3,(H,18,20). The van der Waals surface area contributed by atoms with E-state index in [4.69, 9.17) is 24.9 Å². The molecule has 0 radical (unpaired) electrons. The fraction of sp³-hybridized carbons (Fsp3) is 0.391. The van der Waals surface area contributed by atoms with Crippen LogP contribution in [0.4, 0.5) is 29.1 Å². The van der Waals surface area contributed by atoms with E-state index in [2.05, 4.69) is 217 Å². The smallest absolute Gasteiger partial charge is 0.154 e. The SMILES string of the molecule is CCCCCCCCn1cnc2c(NC)nc3ccccc3c21.CCCCCCn1cnc2c(NC)nc3ccccc3c21.CNc1nc2ccccc2c2c1nc(C)n2CC1CCCCC1.CNc1nc2ccccc2c2c1nc(C)n2Cc1ccccc1.CNc1nc2ccccc2c2c1ncn2CC1CCCCC1. The summed E-state index contributed by atoms with van der Waals surface area (Å²) in [6.45, 7) is 13.7. The summed E-state index contributed by atoms with van der Waals surface area (Å²) < 4.78 is 11.6. The molecule has 0 aliphatic heterocycles. The Morgan fingerprint density at radius 2 is 0.625 bits per heavy atom. The molecule has 0 bridgehead atoms. The van der Waals surface area contributed by atoms with E-state index in [9.17, 15) is 0 Å². The van der Waals surface area contributed by atoms with Crippen LogP contribution in [0.5, 0.6) is 0 Å². The van der Waals surface area contributed by atoms with Gasteiger partial charge in [0.05, 0.1) is 74.1 Å². The Labute approximate surface area is 658 Å². The average molecular weight is 1500 g/mol. The number of rotatable bonds is 23. The van der Waals surface area contributed by atoms with Gasteiger partial charge in [0.2, 0.25) is 0 Å². The lowest BCUT2D eigenvalue weighted by Crippen LogP contribution is -2.15. The Kier molecular flexibility index (Phi) is 25.7. The van der Waals surface area contributed by atoms with E-state index in [-0.39, 0.29) is 0 Å². The molecule has 20 heteroatoms. The largest absolute Gasteiger partial charge is 0.371 e. The topological polar surface area (TPSA) is 214 Å². The van der Waals surface area contributed by atoms with Crippen LogP contribution in [0.25, 0.3) is 110 Å². The molecule has 0 amide bonds. The number of fused-ring (bicyclic) bond motifs is 15. The molecule has 2 saturated carbocycles. The number of imidazole rings is 5. The first-order valence-corrected chi connectivity index (χ1v) is 41.3. The van der Waals surface area contributed by atoms with E-state index in [0.29, 0.717) is 0 Å². The van der Waals surface area contributed by atoms with Crippen molar-refractivity contribution in [2.24, 2.45) is 11.8 Å². The summed E-state index contributed by atoms with van der Waals surface area (Å²) in [4.78, 5) is 46.9. The number of unbranched alkanes of at least 4 members (excludes halogenated alkanes) is 8. The van der Waals surface area contributed by atoms with E-state index < -0.39 is 0 Å². The lowest BCUT2D eigenvalue weighted by molar-refractivity contribution is 0.320. The van der Waals surface area contributed by atoms with Crippen LogP contribution in [0.15, 0.2) is 171 Å². The second kappa shape index (κ2) is 37.2. The van der Waals surface area contributed by atoms with Gasteiger partial charge in [-0.2, -0.15) is 0 Å². The summed E-state index contributed by atoms with van der Waals surface area (Å²) in [5.74, 6) is 7.96. The molecule has 2 aliphatic carbocycles. The Hall–Kier alpha value is -11.3. The number of nitrogens with one attached hydrogen (secondary N) is 5. The molecule has 20 nitrogen and oxygen atoms in total. The zero-order valence-electron chi connectivity index (χ0n) is 67.2. The van der Waals surface area contributed by atoms with Gasteiger partial charge in [-0.05, 0) is 100 Å². The Morgan fingerprint density at radius 1 is 0.312 bits per heavy atom. The number of pyridine rings is 5. The summed E-state index contributed by atoms with van der Waals surface area (Å²) in [7, 11) is 9.53. The van der Waals surface area contributed by atoms with Crippen molar-refractivity contribution in [3.05, 3.63) is 188 Å². The molecule has 16 aromatic rings. The molecule has 580 valence electrons. The predicted octanol–water partition coefficient (Wildman–Crippen LogP) is 21.9. The van der Waals surface area contributed by atoms with E-state index in [0.717, 1.165) is 151 Å². The maximum atomic E-state index is 4.84. The Morgan fingerprint density at radius 3 is 1.03 bits per heavy atom. The monoisotopic (exact) mass is 1500 g/mol. The molecular weight excluding hydrogens is 1390 g/mol. The van der Waals surface area contributed by atoms with Gasteiger partial charge < -0.3 is 49.4 Å². The normalized spacial score (nSPS) is 13.3. The molecule has 0 unspecified atom stereocenters. The lowest BCUT2D eigenvalue weighted by Gasteiger charge is -2.23. The maximum Gasteiger partial charge on any atom is 0.154 e. The minimum atomic E-state index is 0.782. The predicted molar refractivity (Wildman–Crippen MR) is 469 cm³/mol. The first kappa shape index (κ1) is 77.4. The molecule has 112 heavy (non-hydrogen) atoms. The zero-order chi connectivity index (χ0) is 77.3. The van der Waals surface area contributed by atoms with Gasteiger partial charge in [0.1, 0.15) is 39.2 Å². The number of anilines is 5.